The van der Waals surface area contributed by atoms with Gasteiger partial charge in [0.05, 0.1) is 18.4 Å². The van der Waals surface area contributed by atoms with Crippen LogP contribution in [0.2, 0.25) is 0 Å². The van der Waals surface area contributed by atoms with Gasteiger partial charge in [-0.25, -0.2) is 10.2 Å². The summed E-state index contributed by atoms with van der Waals surface area (Å²) in [4.78, 5) is 25.1. The fraction of sp³-hybridized carbons (Fsp3) is 0.167. The Balaban J connectivity index is 1.40. The van der Waals surface area contributed by atoms with E-state index in [1.54, 1.807) is 24.3 Å². The number of aryl methyl sites for hydroxylation is 2. The lowest BCUT2D eigenvalue weighted by Gasteiger charge is -2.12. The van der Waals surface area contributed by atoms with E-state index in [4.69, 9.17) is 14.2 Å². The summed E-state index contributed by atoms with van der Waals surface area (Å²) < 4.78 is 16.9. The molecule has 0 atom stereocenters. The third-order valence-corrected chi connectivity index (χ3v) is 5.73. The number of ether oxygens (including phenoxy) is 3. The van der Waals surface area contributed by atoms with Gasteiger partial charge in [0.1, 0.15) is 5.75 Å². The zero-order chi connectivity index (χ0) is 26.2. The third kappa shape index (κ3) is 6.52. The number of hydrazone groups is 1. The topological polar surface area (TPSA) is 86.2 Å². The van der Waals surface area contributed by atoms with Gasteiger partial charge in [0.15, 0.2) is 18.1 Å². The van der Waals surface area contributed by atoms with Gasteiger partial charge in [-0.3, -0.25) is 4.79 Å². The minimum atomic E-state index is -0.477. The number of carbonyl (C=O) groups excluding carboxylic acids is 2. The van der Waals surface area contributed by atoms with Crippen molar-refractivity contribution in [2.75, 3.05) is 13.2 Å². The quantitative estimate of drug-likeness (QED) is 0.141. The molecule has 0 bridgehead atoms. The number of fused-ring (bicyclic) bond motifs is 1. The van der Waals surface area contributed by atoms with Gasteiger partial charge in [0, 0.05) is 0 Å². The largest absolute Gasteiger partial charge is 0.490 e. The van der Waals surface area contributed by atoms with E-state index in [0.29, 0.717) is 35.0 Å². The monoisotopic (exact) mass is 496 g/mol. The summed E-state index contributed by atoms with van der Waals surface area (Å²) in [6.07, 6.45) is 1.48. The smallest absolute Gasteiger partial charge is 0.344 e. The minimum Gasteiger partial charge on any atom is -0.490 e. The average Bonchev–Trinajstić information content (AvgIpc) is 2.90. The van der Waals surface area contributed by atoms with Crippen LogP contribution >= 0.6 is 0 Å². The molecule has 0 fully saturated rings. The highest BCUT2D eigenvalue weighted by atomic mass is 16.6. The normalized spacial score (nSPS) is 10.9. The van der Waals surface area contributed by atoms with Crippen LogP contribution in [0.3, 0.4) is 0 Å². The molecule has 0 aliphatic rings. The molecule has 4 aromatic rings. The van der Waals surface area contributed by atoms with Crippen molar-refractivity contribution in [2.45, 2.75) is 20.8 Å². The van der Waals surface area contributed by atoms with Gasteiger partial charge in [-0.1, -0.05) is 42.5 Å². The van der Waals surface area contributed by atoms with E-state index in [-0.39, 0.29) is 12.5 Å². The lowest BCUT2D eigenvalue weighted by Crippen LogP contribution is -2.24. The Hall–Kier alpha value is -4.65. The summed E-state index contributed by atoms with van der Waals surface area (Å²) in [5, 5.41) is 5.76. The molecule has 4 rings (SSSR count). The number of hydrogen-bond donors (Lipinski definition) is 1. The summed E-state index contributed by atoms with van der Waals surface area (Å²) in [6, 6.07) is 23.8. The van der Waals surface area contributed by atoms with E-state index in [1.807, 2.05) is 75.4 Å². The molecule has 0 spiro atoms. The molecule has 1 amide bonds. The van der Waals surface area contributed by atoms with E-state index >= 15 is 0 Å². The van der Waals surface area contributed by atoms with Gasteiger partial charge in [-0.05, 0) is 84.6 Å². The summed E-state index contributed by atoms with van der Waals surface area (Å²) in [5.74, 6) is 0.444. The summed E-state index contributed by atoms with van der Waals surface area (Å²) in [5.41, 5.74) is 5.81. The molecule has 0 aliphatic heterocycles. The van der Waals surface area contributed by atoms with Crippen LogP contribution < -0.4 is 19.6 Å². The van der Waals surface area contributed by atoms with E-state index in [9.17, 15) is 9.59 Å². The van der Waals surface area contributed by atoms with Crippen molar-refractivity contribution >= 4 is 28.9 Å². The molecule has 0 aliphatic carbocycles. The maximum Gasteiger partial charge on any atom is 0.344 e. The summed E-state index contributed by atoms with van der Waals surface area (Å²) >= 11 is 0. The summed E-state index contributed by atoms with van der Waals surface area (Å²) in [7, 11) is 0. The van der Waals surface area contributed by atoms with Crippen molar-refractivity contribution in [3.8, 4) is 17.2 Å². The lowest BCUT2D eigenvalue weighted by molar-refractivity contribution is -0.123. The predicted molar refractivity (Wildman–Crippen MR) is 144 cm³/mol. The first-order valence-electron chi connectivity index (χ1n) is 11.9. The van der Waals surface area contributed by atoms with Crippen LogP contribution in [0.25, 0.3) is 10.8 Å². The van der Waals surface area contributed by atoms with Gasteiger partial charge in [-0.15, -0.1) is 0 Å². The Kier molecular flexibility index (Phi) is 8.15. The summed E-state index contributed by atoms with van der Waals surface area (Å²) in [6.45, 7) is 6.06. The van der Waals surface area contributed by atoms with Crippen LogP contribution in [-0.2, 0) is 4.79 Å². The molecule has 1 N–H and O–H groups in total. The first kappa shape index (κ1) is 25.4. The number of nitrogens with one attached hydrogen (secondary N) is 1. The van der Waals surface area contributed by atoms with Gasteiger partial charge >= 0.3 is 5.97 Å². The number of carbonyl (C=O) groups is 2. The fourth-order valence-electron chi connectivity index (χ4n) is 3.68. The number of esters is 1. The number of amides is 1. The average molecular weight is 497 g/mol. The predicted octanol–water partition coefficient (Wildman–Crippen LogP) is 5.60. The van der Waals surface area contributed by atoms with Crippen LogP contribution in [-0.4, -0.2) is 31.3 Å². The first-order valence-corrected chi connectivity index (χ1v) is 11.9. The highest BCUT2D eigenvalue weighted by Gasteiger charge is 2.15. The van der Waals surface area contributed by atoms with Crippen LogP contribution in [0.15, 0.2) is 84.0 Å². The number of nitrogens with zero attached hydrogens (tertiary/aromatic N) is 1. The van der Waals surface area contributed by atoms with Crippen LogP contribution in [0.4, 0.5) is 0 Å². The van der Waals surface area contributed by atoms with Crippen molar-refractivity contribution in [2.24, 2.45) is 5.10 Å². The highest BCUT2D eigenvalue weighted by molar-refractivity contribution is 6.05. The van der Waals surface area contributed by atoms with Gasteiger partial charge < -0.3 is 14.2 Å². The molecule has 0 aromatic heterocycles. The molecule has 0 unspecified atom stereocenters. The van der Waals surface area contributed by atoms with E-state index in [2.05, 4.69) is 10.5 Å². The Morgan fingerprint density at radius 2 is 1.68 bits per heavy atom. The van der Waals surface area contributed by atoms with Crippen molar-refractivity contribution in [1.82, 2.24) is 5.43 Å². The first-order chi connectivity index (χ1) is 17.9. The van der Waals surface area contributed by atoms with Crippen molar-refractivity contribution in [3.63, 3.8) is 0 Å². The van der Waals surface area contributed by atoms with Gasteiger partial charge in [-0.2, -0.15) is 5.10 Å². The third-order valence-electron chi connectivity index (χ3n) is 5.73. The maximum absolute atomic E-state index is 13.0. The number of rotatable bonds is 9. The van der Waals surface area contributed by atoms with Crippen LogP contribution in [0, 0.1) is 13.8 Å². The Bertz CT molecular complexity index is 1460. The van der Waals surface area contributed by atoms with Crippen molar-refractivity contribution in [3.05, 3.63) is 101 Å². The zero-order valence-corrected chi connectivity index (χ0v) is 21.0. The second-order valence-electron chi connectivity index (χ2n) is 8.38. The molecule has 0 radical (unpaired) electrons. The molecule has 0 saturated carbocycles. The van der Waals surface area contributed by atoms with E-state index in [1.165, 1.54) is 6.21 Å². The lowest BCUT2D eigenvalue weighted by atomic mass is 10.0. The molecular formula is C30H28N2O5. The number of benzene rings is 4. The van der Waals surface area contributed by atoms with Gasteiger partial charge in [0.25, 0.3) is 5.91 Å². The Morgan fingerprint density at radius 1 is 0.865 bits per heavy atom. The molecular weight excluding hydrogens is 468 g/mol. The molecule has 188 valence electrons. The zero-order valence-electron chi connectivity index (χ0n) is 21.0. The number of hydrogen-bond acceptors (Lipinski definition) is 6. The van der Waals surface area contributed by atoms with Gasteiger partial charge in [0.2, 0.25) is 0 Å². The molecule has 7 nitrogen and oxygen atoms in total. The molecule has 37 heavy (non-hydrogen) atoms. The Labute approximate surface area is 215 Å². The van der Waals surface area contributed by atoms with Crippen molar-refractivity contribution < 1.29 is 23.8 Å². The SMILES string of the molecule is CCOc1cc(C=NNC(=O)COc2ccc(C)c(C)c2)ccc1OC(=O)c1cccc2ccccc12. The fourth-order valence-corrected chi connectivity index (χ4v) is 3.68. The highest BCUT2D eigenvalue weighted by Crippen LogP contribution is 2.30. The van der Waals surface area contributed by atoms with Crippen LogP contribution in [0.1, 0.15) is 34.0 Å². The Morgan fingerprint density at radius 3 is 2.49 bits per heavy atom. The maximum atomic E-state index is 13.0. The molecule has 7 heteroatoms. The van der Waals surface area contributed by atoms with E-state index < -0.39 is 5.97 Å². The minimum absolute atomic E-state index is 0.160. The molecule has 0 saturated heterocycles. The second kappa shape index (κ2) is 11.9. The van der Waals surface area contributed by atoms with Crippen LogP contribution in [0.5, 0.6) is 17.2 Å². The standard InChI is InChI=1S/C30H28N2O5/c1-4-35-28-17-22(18-31-32-29(33)19-36-24-14-12-20(2)21(3)16-24)13-15-27(28)37-30(34)26-11-7-9-23-8-5-6-10-25(23)26/h5-18H,4,19H2,1-3H3,(H,32,33). The second-order valence-corrected chi connectivity index (χ2v) is 8.38. The van der Waals surface area contributed by atoms with E-state index in [0.717, 1.165) is 21.9 Å². The molecule has 4 aromatic carbocycles. The van der Waals surface area contributed by atoms with Crippen molar-refractivity contribution in [1.29, 1.82) is 0 Å². The molecule has 0 heterocycles.